The van der Waals surface area contributed by atoms with Crippen molar-refractivity contribution in [2.75, 3.05) is 4.72 Å². The molecule has 130 valence electrons. The van der Waals surface area contributed by atoms with E-state index in [1.54, 1.807) is 0 Å². The molecule has 1 heterocycles. The van der Waals surface area contributed by atoms with E-state index in [0.717, 1.165) is 0 Å². The molecule has 2 aromatic carbocycles. The smallest absolute Gasteiger partial charge is 0.408 e. The van der Waals surface area contributed by atoms with E-state index >= 15 is 0 Å². The number of carbonyl (C=O) groups is 1. The van der Waals surface area contributed by atoms with Crippen molar-refractivity contribution >= 4 is 44.3 Å². The minimum atomic E-state index is -3.95. The van der Waals surface area contributed by atoms with Crippen molar-refractivity contribution in [3.8, 4) is 0 Å². The summed E-state index contributed by atoms with van der Waals surface area (Å²) in [4.78, 5) is 22.6. The number of hydrogen-bond acceptors (Lipinski definition) is 5. The molecular weight excluding hydrogens is 370 g/mol. The van der Waals surface area contributed by atoms with Gasteiger partial charge < -0.3 is 10.2 Å². The van der Waals surface area contributed by atoms with E-state index < -0.39 is 21.7 Å². The van der Waals surface area contributed by atoms with Crippen LogP contribution >= 0.6 is 11.6 Å². The Hall–Kier alpha value is -2.78. The number of carbonyl (C=O) groups excluding carboxylic acids is 1. The van der Waals surface area contributed by atoms with Gasteiger partial charge in [0.1, 0.15) is 0 Å². The number of primary amides is 1. The molecule has 3 N–H and O–H groups in total. The van der Waals surface area contributed by atoms with Crippen LogP contribution in [0.25, 0.3) is 11.1 Å². The Bertz CT molecular complexity index is 1160. The molecule has 0 radical (unpaired) electrons. The quantitative estimate of drug-likeness (QED) is 0.711. The van der Waals surface area contributed by atoms with Crippen LogP contribution in [0.3, 0.4) is 0 Å². The Kier molecular flexibility index (Phi) is 4.05. The molecule has 0 aliphatic carbocycles. The Balaban J connectivity index is 1.98. The number of sulfonamides is 1. The van der Waals surface area contributed by atoms with Crippen molar-refractivity contribution in [1.82, 2.24) is 4.57 Å². The number of oxazole rings is 1. The van der Waals surface area contributed by atoms with Gasteiger partial charge in [0.2, 0.25) is 5.91 Å². The summed E-state index contributed by atoms with van der Waals surface area (Å²) in [5.74, 6) is -1.31. The number of halogens is 1. The van der Waals surface area contributed by atoms with Crippen LogP contribution in [-0.4, -0.2) is 18.9 Å². The maximum atomic E-state index is 12.5. The second-order valence-electron chi connectivity index (χ2n) is 5.22. The van der Waals surface area contributed by atoms with Crippen LogP contribution in [-0.2, 0) is 17.1 Å². The molecule has 3 aromatic rings. The molecule has 0 aliphatic heterocycles. The number of nitrogens with zero attached hydrogens (tertiary/aromatic N) is 1. The molecule has 1 aromatic heterocycles. The van der Waals surface area contributed by atoms with Gasteiger partial charge in [0.25, 0.3) is 10.0 Å². The second-order valence-corrected chi connectivity index (χ2v) is 7.31. The number of nitrogens with two attached hydrogens (primary N) is 1. The lowest BCUT2D eigenvalue weighted by atomic mass is 10.2. The lowest BCUT2D eigenvalue weighted by molar-refractivity contribution is 0.100. The van der Waals surface area contributed by atoms with Crippen molar-refractivity contribution in [2.45, 2.75) is 4.90 Å². The fraction of sp³-hybridized carbons (Fsp3) is 0.0667. The zero-order chi connectivity index (χ0) is 18.4. The number of nitrogens with one attached hydrogen (secondary N) is 1. The van der Waals surface area contributed by atoms with Gasteiger partial charge in [0.05, 0.1) is 26.7 Å². The van der Waals surface area contributed by atoms with Gasteiger partial charge in [-0.05, 0) is 30.3 Å². The first-order valence-corrected chi connectivity index (χ1v) is 8.77. The van der Waals surface area contributed by atoms with Crippen LogP contribution in [0.15, 0.2) is 50.5 Å². The minimum absolute atomic E-state index is 0.0252. The molecule has 0 fully saturated rings. The minimum Gasteiger partial charge on any atom is -0.408 e. The molecule has 0 bridgehead atoms. The fourth-order valence-corrected chi connectivity index (χ4v) is 3.61. The van der Waals surface area contributed by atoms with Gasteiger partial charge in [0, 0.05) is 13.1 Å². The maximum absolute atomic E-state index is 12.5. The van der Waals surface area contributed by atoms with Crippen molar-refractivity contribution in [3.63, 3.8) is 0 Å². The highest BCUT2D eigenvalue weighted by Gasteiger charge is 2.18. The zero-order valence-corrected chi connectivity index (χ0v) is 14.4. The fourth-order valence-electron chi connectivity index (χ4n) is 2.27. The number of hydrogen-bond donors (Lipinski definition) is 2. The van der Waals surface area contributed by atoms with E-state index in [1.807, 2.05) is 0 Å². The van der Waals surface area contributed by atoms with E-state index in [0.29, 0.717) is 5.52 Å². The van der Waals surface area contributed by atoms with Crippen molar-refractivity contribution in [1.29, 1.82) is 0 Å². The molecule has 0 unspecified atom stereocenters. The molecule has 3 rings (SSSR count). The summed E-state index contributed by atoms with van der Waals surface area (Å²) in [6.07, 6.45) is 0. The van der Waals surface area contributed by atoms with Crippen LogP contribution in [0.2, 0.25) is 5.02 Å². The van der Waals surface area contributed by atoms with Gasteiger partial charge >= 0.3 is 5.76 Å². The second kappa shape index (κ2) is 5.94. The molecular formula is C15H12ClN3O5S. The number of benzene rings is 2. The number of aryl methyl sites for hydroxylation is 1. The van der Waals surface area contributed by atoms with Crippen molar-refractivity contribution in [2.24, 2.45) is 12.8 Å². The number of anilines is 1. The molecule has 25 heavy (non-hydrogen) atoms. The molecule has 8 nitrogen and oxygen atoms in total. The van der Waals surface area contributed by atoms with E-state index in [1.165, 1.54) is 48.0 Å². The molecule has 0 saturated carbocycles. The van der Waals surface area contributed by atoms with E-state index in [9.17, 15) is 18.0 Å². The SMILES string of the molecule is Cn1c(=O)oc2cc(S(=O)(=O)Nc3ccc(C(N)=O)c(Cl)c3)ccc21. The third kappa shape index (κ3) is 3.11. The van der Waals surface area contributed by atoms with Crippen LogP contribution in [0, 0.1) is 0 Å². The third-order valence-corrected chi connectivity index (χ3v) is 5.25. The van der Waals surface area contributed by atoms with Gasteiger partial charge in [-0.15, -0.1) is 0 Å². The summed E-state index contributed by atoms with van der Waals surface area (Å²) in [5.41, 5.74) is 6.01. The third-order valence-electron chi connectivity index (χ3n) is 3.56. The molecule has 0 spiro atoms. The normalized spacial score (nSPS) is 11.6. The zero-order valence-electron chi connectivity index (χ0n) is 12.8. The summed E-state index contributed by atoms with van der Waals surface area (Å²) in [6.45, 7) is 0. The largest absolute Gasteiger partial charge is 0.419 e. The Morgan fingerprint density at radius 2 is 1.96 bits per heavy atom. The average Bonchev–Trinajstić information content (AvgIpc) is 2.81. The predicted molar refractivity (Wildman–Crippen MR) is 92.2 cm³/mol. The van der Waals surface area contributed by atoms with Crippen molar-refractivity contribution in [3.05, 3.63) is 57.5 Å². The molecule has 0 aliphatic rings. The lowest BCUT2D eigenvalue weighted by Crippen LogP contribution is -2.14. The van der Waals surface area contributed by atoms with E-state index in [2.05, 4.69) is 4.72 Å². The summed E-state index contributed by atoms with van der Waals surface area (Å²) in [5, 5.41) is 0.0252. The van der Waals surface area contributed by atoms with Crippen LogP contribution in [0.4, 0.5) is 5.69 Å². The van der Waals surface area contributed by atoms with Gasteiger partial charge in [0.15, 0.2) is 5.58 Å². The van der Waals surface area contributed by atoms with Gasteiger partial charge in [-0.2, -0.15) is 0 Å². The number of aromatic nitrogens is 1. The maximum Gasteiger partial charge on any atom is 0.419 e. The lowest BCUT2D eigenvalue weighted by Gasteiger charge is -2.09. The first-order valence-electron chi connectivity index (χ1n) is 6.91. The van der Waals surface area contributed by atoms with E-state index in [4.69, 9.17) is 21.8 Å². The monoisotopic (exact) mass is 381 g/mol. The number of fused-ring (bicyclic) bond motifs is 1. The molecule has 0 saturated heterocycles. The first-order chi connectivity index (χ1) is 11.7. The summed E-state index contributed by atoms with van der Waals surface area (Å²) in [6, 6.07) is 8.03. The topological polar surface area (TPSA) is 124 Å². The summed E-state index contributed by atoms with van der Waals surface area (Å²) < 4.78 is 33.6. The Labute approximate surface area is 146 Å². The van der Waals surface area contributed by atoms with Crippen LogP contribution in [0.5, 0.6) is 0 Å². The van der Waals surface area contributed by atoms with Gasteiger partial charge in [-0.25, -0.2) is 13.2 Å². The van der Waals surface area contributed by atoms with Gasteiger partial charge in [-0.3, -0.25) is 14.1 Å². The highest BCUT2D eigenvalue weighted by atomic mass is 35.5. The Morgan fingerprint density at radius 3 is 2.60 bits per heavy atom. The standard InChI is InChI=1S/C15H12ClN3O5S/c1-19-12-5-3-9(7-13(12)24-15(19)21)25(22,23)18-8-2-4-10(14(17)20)11(16)6-8/h2-7,18H,1H3,(H2,17,20). The molecule has 1 amide bonds. The summed E-state index contributed by atoms with van der Waals surface area (Å²) >= 11 is 5.91. The summed E-state index contributed by atoms with van der Waals surface area (Å²) in [7, 11) is -2.44. The predicted octanol–water partition coefficient (Wildman–Crippen LogP) is 1.68. The van der Waals surface area contributed by atoms with Gasteiger partial charge in [-0.1, -0.05) is 11.6 Å². The van der Waals surface area contributed by atoms with Crippen molar-refractivity contribution < 1.29 is 17.6 Å². The molecule has 10 heteroatoms. The highest BCUT2D eigenvalue weighted by Crippen LogP contribution is 2.24. The average molecular weight is 382 g/mol. The van der Waals surface area contributed by atoms with E-state index in [-0.39, 0.29) is 26.8 Å². The number of amides is 1. The first kappa shape index (κ1) is 17.1. The highest BCUT2D eigenvalue weighted by molar-refractivity contribution is 7.92. The van der Waals surface area contributed by atoms with Crippen LogP contribution in [0.1, 0.15) is 10.4 Å². The molecule has 0 atom stereocenters. The van der Waals surface area contributed by atoms with Crippen LogP contribution < -0.4 is 16.2 Å². The number of rotatable bonds is 4. The Morgan fingerprint density at radius 1 is 1.24 bits per heavy atom.